The molecule has 0 fully saturated rings. The average Bonchev–Trinajstić information content (AvgIpc) is 2.32. The molecule has 0 amide bonds. The van der Waals surface area contributed by atoms with E-state index in [0.717, 1.165) is 0 Å². The van der Waals surface area contributed by atoms with Crippen molar-refractivity contribution in [3.63, 3.8) is 0 Å². The van der Waals surface area contributed by atoms with Crippen LogP contribution in [0.1, 0.15) is 31.3 Å². The minimum Gasteiger partial charge on any atom is -0.383 e. The Kier molecular flexibility index (Phi) is 5.69. The van der Waals surface area contributed by atoms with E-state index in [0.29, 0.717) is 10.2 Å². The standard InChI is InChI=1S/C11H14BrF4N3O/c1-5(2)8-7(12)9(17)19-6(18-8)3-20-4-11(15,16)10(13)14/h5,10H,3-4H2,1-2H3,(H2,17,18,19). The minimum absolute atomic E-state index is 0.0240. The summed E-state index contributed by atoms with van der Waals surface area (Å²) in [5.41, 5.74) is 6.24. The summed E-state index contributed by atoms with van der Waals surface area (Å²) in [5.74, 6) is -3.96. The van der Waals surface area contributed by atoms with E-state index in [1.807, 2.05) is 13.8 Å². The van der Waals surface area contributed by atoms with Crippen molar-refractivity contribution in [1.82, 2.24) is 9.97 Å². The fourth-order valence-corrected chi connectivity index (χ4v) is 1.96. The maximum atomic E-state index is 12.7. The maximum absolute atomic E-state index is 12.7. The van der Waals surface area contributed by atoms with Gasteiger partial charge in [0.1, 0.15) is 19.0 Å². The summed E-state index contributed by atoms with van der Waals surface area (Å²) in [7, 11) is 0. The van der Waals surface area contributed by atoms with Crippen molar-refractivity contribution >= 4 is 21.7 Å². The number of rotatable bonds is 6. The number of aromatic nitrogens is 2. The second-order valence-corrected chi connectivity index (χ2v) is 5.23. The Labute approximate surface area is 121 Å². The molecule has 0 unspecified atom stereocenters. The normalized spacial score (nSPS) is 12.4. The lowest BCUT2D eigenvalue weighted by molar-refractivity contribution is -0.168. The molecule has 114 valence electrons. The van der Waals surface area contributed by atoms with Gasteiger partial charge < -0.3 is 10.5 Å². The van der Waals surface area contributed by atoms with Crippen molar-refractivity contribution in [2.24, 2.45) is 0 Å². The Balaban J connectivity index is 2.75. The zero-order chi connectivity index (χ0) is 15.5. The van der Waals surface area contributed by atoms with Gasteiger partial charge in [-0.1, -0.05) is 13.8 Å². The Hall–Kier alpha value is -0.960. The molecule has 0 bridgehead atoms. The van der Waals surface area contributed by atoms with Gasteiger partial charge in [-0.15, -0.1) is 0 Å². The highest BCUT2D eigenvalue weighted by atomic mass is 79.9. The third-order valence-corrected chi connectivity index (χ3v) is 3.15. The largest absolute Gasteiger partial charge is 0.383 e. The molecule has 2 N–H and O–H groups in total. The van der Waals surface area contributed by atoms with Gasteiger partial charge >= 0.3 is 12.3 Å². The molecule has 0 spiro atoms. The number of ether oxygens (including phenoxy) is 1. The van der Waals surface area contributed by atoms with E-state index in [1.54, 1.807) is 0 Å². The third kappa shape index (κ3) is 4.27. The maximum Gasteiger partial charge on any atom is 0.330 e. The molecule has 0 aliphatic heterocycles. The second kappa shape index (κ2) is 6.66. The van der Waals surface area contributed by atoms with E-state index in [1.165, 1.54) is 0 Å². The fourth-order valence-electron chi connectivity index (χ4n) is 1.32. The van der Waals surface area contributed by atoms with Gasteiger partial charge in [-0.05, 0) is 21.8 Å². The van der Waals surface area contributed by atoms with Crippen molar-refractivity contribution in [3.05, 3.63) is 16.0 Å². The number of nitrogens with zero attached hydrogens (tertiary/aromatic N) is 2. The molecule has 20 heavy (non-hydrogen) atoms. The summed E-state index contributed by atoms with van der Waals surface area (Å²) in [6.07, 6.45) is -3.77. The predicted octanol–water partition coefficient (Wildman–Crippen LogP) is 3.36. The van der Waals surface area contributed by atoms with E-state index >= 15 is 0 Å². The Morgan fingerprint density at radius 2 is 1.90 bits per heavy atom. The van der Waals surface area contributed by atoms with Crippen LogP contribution in [-0.4, -0.2) is 28.9 Å². The molecule has 0 aromatic carbocycles. The lowest BCUT2D eigenvalue weighted by atomic mass is 10.1. The van der Waals surface area contributed by atoms with Crippen molar-refractivity contribution in [2.45, 2.75) is 38.7 Å². The van der Waals surface area contributed by atoms with Crippen molar-refractivity contribution in [3.8, 4) is 0 Å². The van der Waals surface area contributed by atoms with E-state index in [-0.39, 0.29) is 17.6 Å². The van der Waals surface area contributed by atoms with Crippen LogP contribution in [0.25, 0.3) is 0 Å². The summed E-state index contributed by atoms with van der Waals surface area (Å²) < 4.78 is 54.3. The molecule has 0 aliphatic carbocycles. The third-order valence-electron chi connectivity index (χ3n) is 2.34. The Bertz CT molecular complexity index is 471. The van der Waals surface area contributed by atoms with Crippen LogP contribution in [0, 0.1) is 0 Å². The number of hydrogen-bond acceptors (Lipinski definition) is 4. The molecule has 0 aliphatic rings. The fraction of sp³-hybridized carbons (Fsp3) is 0.636. The number of hydrogen-bond donors (Lipinski definition) is 1. The lowest BCUT2D eigenvalue weighted by Gasteiger charge is -2.15. The number of halogens is 5. The molecule has 1 aromatic heterocycles. The molecule has 0 saturated carbocycles. The molecule has 1 heterocycles. The zero-order valence-electron chi connectivity index (χ0n) is 10.8. The van der Waals surface area contributed by atoms with Crippen LogP contribution in [-0.2, 0) is 11.3 Å². The molecule has 0 atom stereocenters. The first-order valence-electron chi connectivity index (χ1n) is 5.70. The van der Waals surface area contributed by atoms with Crippen LogP contribution in [0.2, 0.25) is 0 Å². The predicted molar refractivity (Wildman–Crippen MR) is 68.8 cm³/mol. The highest BCUT2D eigenvalue weighted by Gasteiger charge is 2.41. The van der Waals surface area contributed by atoms with Crippen LogP contribution in [0.4, 0.5) is 23.4 Å². The smallest absolute Gasteiger partial charge is 0.330 e. The highest BCUT2D eigenvalue weighted by Crippen LogP contribution is 2.27. The summed E-state index contributed by atoms with van der Waals surface area (Å²) in [6, 6.07) is 0. The van der Waals surface area contributed by atoms with E-state index in [9.17, 15) is 17.6 Å². The van der Waals surface area contributed by atoms with Crippen LogP contribution in [0.5, 0.6) is 0 Å². The summed E-state index contributed by atoms with van der Waals surface area (Å²) in [5, 5.41) is 0. The first-order valence-corrected chi connectivity index (χ1v) is 6.50. The number of alkyl halides is 4. The summed E-state index contributed by atoms with van der Waals surface area (Å²) in [6.45, 7) is 1.91. The topological polar surface area (TPSA) is 61.0 Å². The molecular weight excluding hydrogens is 346 g/mol. The molecule has 0 radical (unpaired) electrons. The molecule has 0 saturated heterocycles. The Morgan fingerprint density at radius 1 is 1.30 bits per heavy atom. The average molecular weight is 360 g/mol. The lowest BCUT2D eigenvalue weighted by Crippen LogP contribution is -2.32. The minimum atomic E-state index is -4.19. The monoisotopic (exact) mass is 359 g/mol. The van der Waals surface area contributed by atoms with Crippen molar-refractivity contribution < 1.29 is 22.3 Å². The van der Waals surface area contributed by atoms with E-state index in [4.69, 9.17) is 5.73 Å². The van der Waals surface area contributed by atoms with Gasteiger partial charge in [0.2, 0.25) is 0 Å². The van der Waals surface area contributed by atoms with Gasteiger partial charge in [-0.2, -0.15) is 8.78 Å². The molecule has 9 heteroatoms. The molecular formula is C11H14BrF4N3O. The second-order valence-electron chi connectivity index (χ2n) is 4.43. The zero-order valence-corrected chi connectivity index (χ0v) is 12.4. The van der Waals surface area contributed by atoms with E-state index < -0.39 is 25.6 Å². The highest BCUT2D eigenvalue weighted by molar-refractivity contribution is 9.10. The van der Waals surface area contributed by atoms with Crippen LogP contribution in [0.15, 0.2) is 4.47 Å². The molecule has 1 aromatic rings. The first kappa shape index (κ1) is 17.1. The quantitative estimate of drug-likeness (QED) is 0.791. The Morgan fingerprint density at radius 3 is 2.40 bits per heavy atom. The van der Waals surface area contributed by atoms with Gasteiger partial charge in [-0.25, -0.2) is 18.7 Å². The van der Waals surface area contributed by atoms with Crippen LogP contribution < -0.4 is 5.73 Å². The first-order chi connectivity index (χ1) is 9.15. The number of nitrogen functional groups attached to an aromatic ring is 1. The molecule has 4 nitrogen and oxygen atoms in total. The van der Waals surface area contributed by atoms with Gasteiger partial charge in [0.25, 0.3) is 0 Å². The van der Waals surface area contributed by atoms with Gasteiger partial charge in [-0.3, -0.25) is 0 Å². The van der Waals surface area contributed by atoms with Gasteiger partial charge in [0, 0.05) is 0 Å². The van der Waals surface area contributed by atoms with Crippen molar-refractivity contribution in [1.29, 1.82) is 0 Å². The summed E-state index contributed by atoms with van der Waals surface area (Å²) in [4.78, 5) is 7.94. The van der Waals surface area contributed by atoms with Gasteiger partial charge in [0.15, 0.2) is 5.82 Å². The number of nitrogens with two attached hydrogens (primary N) is 1. The van der Waals surface area contributed by atoms with Gasteiger partial charge in [0.05, 0.1) is 10.2 Å². The number of anilines is 1. The SMILES string of the molecule is CC(C)c1nc(COCC(F)(F)C(F)F)nc(N)c1Br. The summed E-state index contributed by atoms with van der Waals surface area (Å²) >= 11 is 3.22. The molecule has 1 rings (SSSR count). The van der Waals surface area contributed by atoms with E-state index in [2.05, 4.69) is 30.6 Å². The van der Waals surface area contributed by atoms with Crippen LogP contribution in [0.3, 0.4) is 0 Å². The van der Waals surface area contributed by atoms with Crippen molar-refractivity contribution in [2.75, 3.05) is 12.3 Å². The van der Waals surface area contributed by atoms with Crippen LogP contribution >= 0.6 is 15.9 Å².